The molecule has 6 heteroatoms. The molecule has 70 valence electrons. The second kappa shape index (κ2) is 4.18. The number of anilines is 1. The Balaban J connectivity index is 2.65. The number of rotatable bonds is 1. The summed E-state index contributed by atoms with van der Waals surface area (Å²) in [5.74, 6) is 0.293. The number of carbonyl (C=O) groups is 1. The Bertz CT molecular complexity index is 298. The molecule has 0 aliphatic carbocycles. The van der Waals surface area contributed by atoms with Crippen LogP contribution in [0.2, 0.25) is 0 Å². The van der Waals surface area contributed by atoms with E-state index in [1.165, 1.54) is 4.90 Å². The van der Waals surface area contributed by atoms with Crippen LogP contribution in [0, 0.1) is 0 Å². The van der Waals surface area contributed by atoms with Crippen LogP contribution in [0.15, 0.2) is 16.9 Å². The second-order valence-electron chi connectivity index (χ2n) is 2.55. The van der Waals surface area contributed by atoms with Crippen molar-refractivity contribution in [2.24, 2.45) is 0 Å². The van der Waals surface area contributed by atoms with Crippen LogP contribution in [-0.4, -0.2) is 35.0 Å². The number of nitrogens with one attached hydrogen (secondary N) is 1. The molecule has 0 aromatic carbocycles. The van der Waals surface area contributed by atoms with E-state index in [-0.39, 0.29) is 6.03 Å². The van der Waals surface area contributed by atoms with Crippen molar-refractivity contribution < 1.29 is 4.79 Å². The van der Waals surface area contributed by atoms with Crippen molar-refractivity contribution in [3.8, 4) is 0 Å². The highest BCUT2D eigenvalue weighted by molar-refractivity contribution is 9.10. The monoisotopic (exact) mass is 244 g/mol. The number of hydrogen-bond donors (Lipinski definition) is 1. The van der Waals surface area contributed by atoms with Crippen molar-refractivity contribution in [1.82, 2.24) is 14.9 Å². The number of urea groups is 1. The fraction of sp³-hybridized carbons (Fsp3) is 0.286. The molecule has 0 unspecified atom stereocenters. The van der Waals surface area contributed by atoms with E-state index in [4.69, 9.17) is 0 Å². The summed E-state index contributed by atoms with van der Waals surface area (Å²) in [4.78, 5) is 20.3. The van der Waals surface area contributed by atoms with E-state index in [1.54, 1.807) is 26.5 Å². The zero-order valence-electron chi connectivity index (χ0n) is 7.28. The predicted molar refractivity (Wildman–Crippen MR) is 52.4 cm³/mol. The Morgan fingerprint density at radius 3 is 2.46 bits per heavy atom. The SMILES string of the molecule is CN(C)C(=O)Nc1ncc(Br)cn1. The van der Waals surface area contributed by atoms with Gasteiger partial charge in [0, 0.05) is 26.5 Å². The zero-order valence-corrected chi connectivity index (χ0v) is 8.87. The van der Waals surface area contributed by atoms with Gasteiger partial charge in [-0.25, -0.2) is 14.8 Å². The molecule has 1 rings (SSSR count). The molecule has 0 spiro atoms. The predicted octanol–water partition coefficient (Wildman–Crippen LogP) is 1.33. The van der Waals surface area contributed by atoms with Crippen LogP contribution < -0.4 is 5.32 Å². The molecule has 0 fully saturated rings. The van der Waals surface area contributed by atoms with E-state index >= 15 is 0 Å². The average molecular weight is 245 g/mol. The molecule has 0 radical (unpaired) electrons. The Morgan fingerprint density at radius 2 is 2.00 bits per heavy atom. The largest absolute Gasteiger partial charge is 0.331 e. The van der Waals surface area contributed by atoms with Gasteiger partial charge in [0.15, 0.2) is 0 Å². The Hall–Kier alpha value is -1.17. The summed E-state index contributed by atoms with van der Waals surface area (Å²) in [6, 6.07) is -0.248. The van der Waals surface area contributed by atoms with Crippen LogP contribution in [0.25, 0.3) is 0 Å². The number of amides is 2. The summed E-state index contributed by atoms with van der Waals surface area (Å²) < 4.78 is 0.773. The Kier molecular flexibility index (Phi) is 3.18. The highest BCUT2D eigenvalue weighted by Gasteiger charge is 2.04. The number of hydrogen-bond acceptors (Lipinski definition) is 3. The molecule has 13 heavy (non-hydrogen) atoms. The molecule has 1 heterocycles. The minimum Gasteiger partial charge on any atom is -0.331 e. The summed E-state index contributed by atoms with van der Waals surface area (Å²) in [7, 11) is 3.29. The summed E-state index contributed by atoms with van der Waals surface area (Å²) in [6.45, 7) is 0. The first-order valence-corrected chi connectivity index (χ1v) is 4.35. The topological polar surface area (TPSA) is 58.1 Å². The van der Waals surface area contributed by atoms with Gasteiger partial charge in [-0.2, -0.15) is 0 Å². The second-order valence-corrected chi connectivity index (χ2v) is 3.47. The van der Waals surface area contributed by atoms with Crippen LogP contribution in [0.4, 0.5) is 10.7 Å². The molecule has 0 saturated carbocycles. The molecule has 1 aromatic heterocycles. The fourth-order valence-corrected chi connectivity index (χ4v) is 0.789. The third-order valence-corrected chi connectivity index (χ3v) is 1.65. The van der Waals surface area contributed by atoms with Gasteiger partial charge in [-0.05, 0) is 15.9 Å². The van der Waals surface area contributed by atoms with E-state index in [0.29, 0.717) is 5.95 Å². The maximum atomic E-state index is 11.1. The average Bonchev–Trinajstić information content (AvgIpc) is 2.08. The number of nitrogens with zero attached hydrogens (tertiary/aromatic N) is 3. The smallest absolute Gasteiger partial charge is 0.323 e. The lowest BCUT2D eigenvalue weighted by Gasteiger charge is -2.09. The van der Waals surface area contributed by atoms with Gasteiger partial charge in [0.2, 0.25) is 5.95 Å². The van der Waals surface area contributed by atoms with Crippen LogP contribution in [-0.2, 0) is 0 Å². The molecular weight excluding hydrogens is 236 g/mol. The van der Waals surface area contributed by atoms with Gasteiger partial charge in [-0.3, -0.25) is 5.32 Å². The number of aromatic nitrogens is 2. The zero-order chi connectivity index (χ0) is 9.84. The molecule has 0 atom stereocenters. The molecule has 1 aromatic rings. The van der Waals surface area contributed by atoms with E-state index in [0.717, 1.165) is 4.47 Å². The van der Waals surface area contributed by atoms with Crippen molar-refractivity contribution in [2.75, 3.05) is 19.4 Å². The molecule has 2 amide bonds. The van der Waals surface area contributed by atoms with E-state index in [9.17, 15) is 4.79 Å². The molecule has 5 nitrogen and oxygen atoms in total. The van der Waals surface area contributed by atoms with Crippen molar-refractivity contribution >= 4 is 27.9 Å². The minimum atomic E-state index is -0.248. The molecule has 0 aliphatic rings. The summed E-state index contributed by atoms with van der Waals surface area (Å²) >= 11 is 3.19. The summed E-state index contributed by atoms with van der Waals surface area (Å²) in [5.41, 5.74) is 0. The van der Waals surface area contributed by atoms with E-state index in [1.807, 2.05) is 0 Å². The molecular formula is C7H9BrN4O. The first-order chi connectivity index (χ1) is 6.09. The summed E-state index contributed by atoms with van der Waals surface area (Å²) in [5, 5.41) is 2.51. The molecule has 1 N–H and O–H groups in total. The fourth-order valence-electron chi connectivity index (χ4n) is 0.584. The maximum absolute atomic E-state index is 11.1. The van der Waals surface area contributed by atoms with Crippen molar-refractivity contribution in [2.45, 2.75) is 0 Å². The Labute approximate surface area is 84.3 Å². The van der Waals surface area contributed by atoms with Crippen LogP contribution in [0.1, 0.15) is 0 Å². The summed E-state index contributed by atoms with van der Waals surface area (Å²) in [6.07, 6.45) is 3.14. The normalized spacial score (nSPS) is 9.46. The third-order valence-electron chi connectivity index (χ3n) is 1.25. The number of carbonyl (C=O) groups excluding carboxylic acids is 1. The van der Waals surface area contributed by atoms with Crippen LogP contribution in [0.3, 0.4) is 0 Å². The lowest BCUT2D eigenvalue weighted by molar-refractivity contribution is 0.230. The van der Waals surface area contributed by atoms with Gasteiger partial charge < -0.3 is 4.90 Å². The highest BCUT2D eigenvalue weighted by atomic mass is 79.9. The lowest BCUT2D eigenvalue weighted by Crippen LogP contribution is -2.28. The molecule has 0 saturated heterocycles. The number of halogens is 1. The molecule has 0 bridgehead atoms. The Morgan fingerprint density at radius 1 is 1.46 bits per heavy atom. The maximum Gasteiger partial charge on any atom is 0.323 e. The molecule has 0 aliphatic heterocycles. The van der Waals surface area contributed by atoms with Crippen molar-refractivity contribution in [1.29, 1.82) is 0 Å². The van der Waals surface area contributed by atoms with Gasteiger partial charge in [0.05, 0.1) is 4.47 Å². The highest BCUT2D eigenvalue weighted by Crippen LogP contribution is 2.06. The van der Waals surface area contributed by atoms with Crippen LogP contribution in [0.5, 0.6) is 0 Å². The first-order valence-electron chi connectivity index (χ1n) is 3.55. The van der Waals surface area contributed by atoms with Crippen LogP contribution >= 0.6 is 15.9 Å². The van der Waals surface area contributed by atoms with Gasteiger partial charge in [-0.1, -0.05) is 0 Å². The minimum absolute atomic E-state index is 0.248. The van der Waals surface area contributed by atoms with Gasteiger partial charge >= 0.3 is 6.03 Å². The van der Waals surface area contributed by atoms with Gasteiger partial charge in [-0.15, -0.1) is 0 Å². The van der Waals surface area contributed by atoms with E-state index < -0.39 is 0 Å². The van der Waals surface area contributed by atoms with E-state index in [2.05, 4.69) is 31.2 Å². The van der Waals surface area contributed by atoms with Crippen molar-refractivity contribution in [3.63, 3.8) is 0 Å². The quantitative estimate of drug-likeness (QED) is 0.811. The van der Waals surface area contributed by atoms with Gasteiger partial charge in [0.25, 0.3) is 0 Å². The van der Waals surface area contributed by atoms with Crippen molar-refractivity contribution in [3.05, 3.63) is 16.9 Å². The standard InChI is InChI=1S/C7H9BrN4O/c1-12(2)7(13)11-6-9-3-5(8)4-10-6/h3-4H,1-2H3,(H,9,10,11,13). The lowest BCUT2D eigenvalue weighted by atomic mass is 10.7. The first kappa shape index (κ1) is 9.91. The third kappa shape index (κ3) is 2.98. The van der Waals surface area contributed by atoms with Gasteiger partial charge in [0.1, 0.15) is 0 Å².